The van der Waals surface area contributed by atoms with Crippen LogP contribution in [0.25, 0.3) is 0 Å². The molecule has 0 saturated heterocycles. The van der Waals surface area contributed by atoms with Crippen molar-refractivity contribution in [2.45, 2.75) is 65.9 Å². The largest absolute Gasteiger partial charge is 0.493 e. The molecular formula is C31H39NO5. The number of carbonyl (C=O) groups excluding carboxylic acids is 1. The molecular weight excluding hydrogens is 466 g/mol. The number of amides is 1. The molecule has 0 atom stereocenters. The molecule has 1 amide bonds. The van der Waals surface area contributed by atoms with Gasteiger partial charge in [0.1, 0.15) is 17.1 Å². The summed E-state index contributed by atoms with van der Waals surface area (Å²) in [6, 6.07) is 9.52. The lowest BCUT2D eigenvalue weighted by molar-refractivity contribution is 0.0763. The first-order valence-electron chi connectivity index (χ1n) is 12.9. The zero-order valence-electron chi connectivity index (χ0n) is 23.4. The molecule has 0 spiro atoms. The van der Waals surface area contributed by atoms with Gasteiger partial charge in [0.25, 0.3) is 5.91 Å². The Bertz CT molecular complexity index is 1300. The minimum absolute atomic E-state index is 0.127. The van der Waals surface area contributed by atoms with Crippen molar-refractivity contribution in [3.05, 3.63) is 75.2 Å². The maximum absolute atomic E-state index is 13.1. The Hall–Kier alpha value is -3.41. The minimum atomic E-state index is -0.139. The van der Waals surface area contributed by atoms with Gasteiger partial charge in [0.05, 0.1) is 14.2 Å². The molecule has 0 radical (unpaired) electrons. The maximum atomic E-state index is 13.1. The zero-order valence-corrected chi connectivity index (χ0v) is 23.4. The van der Waals surface area contributed by atoms with E-state index in [4.69, 9.17) is 18.6 Å². The summed E-state index contributed by atoms with van der Waals surface area (Å²) in [6.07, 6.45) is 3.35. The van der Waals surface area contributed by atoms with E-state index in [9.17, 15) is 4.79 Å². The predicted octanol–water partition coefficient (Wildman–Crippen LogP) is 6.23. The number of fused-ring (bicyclic) bond motifs is 1. The molecule has 2 heterocycles. The Kier molecular flexibility index (Phi) is 7.58. The summed E-state index contributed by atoms with van der Waals surface area (Å²) in [5, 5.41) is 0. The van der Waals surface area contributed by atoms with Crippen LogP contribution < -0.4 is 14.2 Å². The van der Waals surface area contributed by atoms with Crippen LogP contribution in [0, 0.1) is 20.8 Å². The Morgan fingerprint density at radius 1 is 1.00 bits per heavy atom. The number of rotatable bonds is 8. The molecule has 0 saturated carbocycles. The summed E-state index contributed by atoms with van der Waals surface area (Å²) in [6.45, 7) is 11.3. The van der Waals surface area contributed by atoms with Gasteiger partial charge in [-0.1, -0.05) is 6.07 Å². The first kappa shape index (κ1) is 26.6. The molecule has 1 aromatic heterocycles. The van der Waals surface area contributed by atoms with Crippen LogP contribution in [0.3, 0.4) is 0 Å². The summed E-state index contributed by atoms with van der Waals surface area (Å²) >= 11 is 0. The molecule has 198 valence electrons. The van der Waals surface area contributed by atoms with Gasteiger partial charge in [0.2, 0.25) is 0 Å². The molecule has 0 fully saturated rings. The third-order valence-corrected chi connectivity index (χ3v) is 7.64. The minimum Gasteiger partial charge on any atom is -0.493 e. The van der Waals surface area contributed by atoms with Gasteiger partial charge in [-0.2, -0.15) is 0 Å². The van der Waals surface area contributed by atoms with Crippen molar-refractivity contribution in [1.29, 1.82) is 0 Å². The Balaban J connectivity index is 1.46. The monoisotopic (exact) mass is 505 g/mol. The molecule has 2 aromatic carbocycles. The average molecular weight is 506 g/mol. The van der Waals surface area contributed by atoms with Crippen LogP contribution in [0.2, 0.25) is 0 Å². The molecule has 1 aliphatic heterocycles. The smallest absolute Gasteiger partial charge is 0.289 e. The fourth-order valence-electron chi connectivity index (χ4n) is 5.10. The third kappa shape index (κ3) is 5.48. The first-order valence-corrected chi connectivity index (χ1v) is 12.9. The number of hydrogen-bond acceptors (Lipinski definition) is 5. The van der Waals surface area contributed by atoms with Gasteiger partial charge < -0.3 is 23.5 Å². The number of hydrogen-bond donors (Lipinski definition) is 0. The van der Waals surface area contributed by atoms with Gasteiger partial charge in [-0.05, 0) is 112 Å². The Labute approximate surface area is 220 Å². The van der Waals surface area contributed by atoms with Gasteiger partial charge in [-0.3, -0.25) is 4.79 Å². The number of benzene rings is 2. The van der Waals surface area contributed by atoms with Crippen molar-refractivity contribution < 1.29 is 23.4 Å². The van der Waals surface area contributed by atoms with Crippen LogP contribution >= 0.6 is 0 Å². The summed E-state index contributed by atoms with van der Waals surface area (Å²) in [7, 11) is 5.04. The van der Waals surface area contributed by atoms with Gasteiger partial charge >= 0.3 is 0 Å². The van der Waals surface area contributed by atoms with Crippen molar-refractivity contribution in [2.75, 3.05) is 27.8 Å². The van der Waals surface area contributed by atoms with Gasteiger partial charge in [-0.25, -0.2) is 0 Å². The van der Waals surface area contributed by atoms with Crippen molar-refractivity contribution in [1.82, 2.24) is 4.90 Å². The van der Waals surface area contributed by atoms with E-state index in [1.807, 2.05) is 24.3 Å². The summed E-state index contributed by atoms with van der Waals surface area (Å²) in [5.41, 5.74) is 7.18. The number of ether oxygens (including phenoxy) is 3. The van der Waals surface area contributed by atoms with Crippen LogP contribution in [0.4, 0.5) is 0 Å². The highest BCUT2D eigenvalue weighted by Crippen LogP contribution is 2.41. The second kappa shape index (κ2) is 10.5. The van der Waals surface area contributed by atoms with Crippen LogP contribution in [0.5, 0.6) is 17.2 Å². The quantitative estimate of drug-likeness (QED) is 0.363. The molecule has 0 aliphatic carbocycles. The van der Waals surface area contributed by atoms with E-state index >= 15 is 0 Å². The van der Waals surface area contributed by atoms with Crippen molar-refractivity contribution in [3.63, 3.8) is 0 Å². The van der Waals surface area contributed by atoms with Crippen molar-refractivity contribution >= 4 is 5.91 Å². The van der Waals surface area contributed by atoms with E-state index in [1.165, 1.54) is 27.8 Å². The second-order valence-electron chi connectivity index (χ2n) is 10.6. The molecule has 3 aromatic rings. The SMILES string of the molecule is COc1ccc(CCN(C)C(=O)c2ccc(Cc3c(C)c(C)c4c(c3C)CCC(C)(C)O4)o2)cc1OC. The Morgan fingerprint density at radius 2 is 1.73 bits per heavy atom. The van der Waals surface area contributed by atoms with Gasteiger partial charge in [0, 0.05) is 20.0 Å². The maximum Gasteiger partial charge on any atom is 0.289 e. The van der Waals surface area contributed by atoms with Crippen LogP contribution in [-0.4, -0.2) is 44.2 Å². The zero-order chi connectivity index (χ0) is 26.9. The van der Waals surface area contributed by atoms with E-state index in [1.54, 1.807) is 32.2 Å². The first-order chi connectivity index (χ1) is 17.5. The van der Waals surface area contributed by atoms with Crippen molar-refractivity contribution in [3.8, 4) is 17.2 Å². The highest BCUT2D eigenvalue weighted by Gasteiger charge is 2.31. The fraction of sp³-hybridized carbons (Fsp3) is 0.452. The van der Waals surface area contributed by atoms with E-state index in [2.05, 4.69) is 34.6 Å². The fourth-order valence-corrected chi connectivity index (χ4v) is 5.10. The topological polar surface area (TPSA) is 61.1 Å². The number of likely N-dealkylation sites (N-methyl/N-ethyl adjacent to an activating group) is 1. The lowest BCUT2D eigenvalue weighted by atomic mass is 9.84. The van der Waals surface area contributed by atoms with E-state index in [0.717, 1.165) is 29.9 Å². The van der Waals surface area contributed by atoms with Crippen LogP contribution in [0.15, 0.2) is 34.7 Å². The molecule has 0 N–H and O–H groups in total. The predicted molar refractivity (Wildman–Crippen MR) is 145 cm³/mol. The lowest BCUT2D eigenvalue weighted by Crippen LogP contribution is -2.33. The molecule has 37 heavy (non-hydrogen) atoms. The lowest BCUT2D eigenvalue weighted by Gasteiger charge is -2.35. The summed E-state index contributed by atoms with van der Waals surface area (Å²) < 4.78 is 23.1. The number of furan rings is 1. The van der Waals surface area contributed by atoms with E-state index in [0.29, 0.717) is 36.6 Å². The van der Waals surface area contributed by atoms with Crippen LogP contribution in [-0.2, 0) is 19.3 Å². The molecule has 6 nitrogen and oxygen atoms in total. The highest BCUT2D eigenvalue weighted by molar-refractivity contribution is 5.91. The van der Waals surface area contributed by atoms with E-state index < -0.39 is 0 Å². The number of carbonyl (C=O) groups is 1. The van der Waals surface area contributed by atoms with Gasteiger partial charge in [0.15, 0.2) is 17.3 Å². The van der Waals surface area contributed by atoms with Gasteiger partial charge in [-0.15, -0.1) is 0 Å². The highest BCUT2D eigenvalue weighted by atomic mass is 16.5. The molecule has 4 rings (SSSR count). The average Bonchev–Trinajstić information content (AvgIpc) is 3.35. The molecule has 0 bridgehead atoms. The van der Waals surface area contributed by atoms with Crippen LogP contribution in [0.1, 0.15) is 70.0 Å². The summed E-state index contributed by atoms with van der Waals surface area (Å²) in [5.74, 6) is 3.44. The Morgan fingerprint density at radius 3 is 2.43 bits per heavy atom. The molecule has 0 unspecified atom stereocenters. The van der Waals surface area contributed by atoms with E-state index in [-0.39, 0.29) is 11.5 Å². The standard InChI is InChI=1S/C31H39NO5/c1-19-20(2)29-24(13-15-31(4,5)37-29)21(3)25(19)18-23-10-12-27(36-23)30(33)32(6)16-14-22-9-11-26(34-7)28(17-22)35-8/h9-12,17H,13-16,18H2,1-8H3. The third-order valence-electron chi connectivity index (χ3n) is 7.64. The number of methoxy groups -OCH3 is 2. The second-order valence-corrected chi connectivity index (χ2v) is 10.6. The van der Waals surface area contributed by atoms with Crippen molar-refractivity contribution in [2.24, 2.45) is 0 Å². The number of nitrogens with zero attached hydrogens (tertiary/aromatic N) is 1. The summed E-state index contributed by atoms with van der Waals surface area (Å²) in [4.78, 5) is 14.8. The molecule has 6 heteroatoms. The molecule has 1 aliphatic rings. The normalized spacial score (nSPS) is 14.1.